The van der Waals surface area contributed by atoms with Gasteiger partial charge in [0, 0.05) is 0 Å². The summed E-state index contributed by atoms with van der Waals surface area (Å²) in [5, 5.41) is 11.6. The molecule has 0 heterocycles. The first-order valence-electron chi connectivity index (χ1n) is 8.26. The Balaban J connectivity index is 2.24. The minimum Gasteiger partial charge on any atom is -0.480 e. The summed E-state index contributed by atoms with van der Waals surface area (Å²) in [6.45, 7) is 4.51. The van der Waals surface area contributed by atoms with Crippen molar-refractivity contribution in [3.05, 3.63) is 35.9 Å². The Bertz CT molecular complexity index is 493. The zero-order valence-corrected chi connectivity index (χ0v) is 15.2. The van der Waals surface area contributed by atoms with Crippen LogP contribution in [0.15, 0.2) is 30.3 Å². The van der Waals surface area contributed by atoms with Gasteiger partial charge in [-0.15, -0.1) is 0 Å². The lowest BCUT2D eigenvalue weighted by atomic mass is 10.1. The maximum absolute atomic E-state index is 11.7. The van der Waals surface area contributed by atoms with Gasteiger partial charge in [0.1, 0.15) is 12.6 Å². The van der Waals surface area contributed by atoms with Gasteiger partial charge in [-0.25, -0.2) is 9.59 Å². The minimum absolute atomic E-state index is 0.128. The monoisotopic (exact) mass is 353 g/mol. The van der Waals surface area contributed by atoms with Crippen LogP contribution in [0.1, 0.15) is 38.7 Å². The van der Waals surface area contributed by atoms with E-state index < -0.39 is 18.1 Å². The first kappa shape index (κ1) is 20.4. The van der Waals surface area contributed by atoms with E-state index in [4.69, 9.17) is 4.74 Å². The van der Waals surface area contributed by atoms with Crippen molar-refractivity contribution < 1.29 is 19.4 Å². The molecule has 1 atom stereocenters. The second-order valence-electron chi connectivity index (χ2n) is 6.03. The fraction of sp³-hybridized carbons (Fsp3) is 0.556. The average Bonchev–Trinajstić information content (AvgIpc) is 2.55. The number of carboxylic acids is 1. The summed E-state index contributed by atoms with van der Waals surface area (Å²) in [7, 11) is 0. The first-order valence-corrected chi connectivity index (χ1v) is 9.42. The third kappa shape index (κ3) is 9.45. The zero-order valence-electron chi connectivity index (χ0n) is 14.4. The highest BCUT2D eigenvalue weighted by Gasteiger charge is 2.20. The van der Waals surface area contributed by atoms with Crippen LogP contribution < -0.4 is 5.32 Å². The Morgan fingerprint density at radius 2 is 1.88 bits per heavy atom. The molecule has 0 saturated heterocycles. The summed E-state index contributed by atoms with van der Waals surface area (Å²) in [4.78, 5) is 23.0. The molecule has 5 nitrogen and oxygen atoms in total. The molecule has 0 aliphatic rings. The number of hydrogen-bond donors (Lipinski definition) is 2. The number of alkyl carbamates (subject to hydrolysis) is 1. The predicted molar refractivity (Wildman–Crippen MR) is 97.2 cm³/mol. The summed E-state index contributed by atoms with van der Waals surface area (Å²) in [5.74, 6) is 1.38. The van der Waals surface area contributed by atoms with Crippen molar-refractivity contribution in [2.75, 3.05) is 11.5 Å². The van der Waals surface area contributed by atoms with Gasteiger partial charge in [0.05, 0.1) is 0 Å². The number of thioether (sulfide) groups is 1. The Morgan fingerprint density at radius 3 is 2.50 bits per heavy atom. The van der Waals surface area contributed by atoms with Crippen LogP contribution in [0.3, 0.4) is 0 Å². The quantitative estimate of drug-likeness (QED) is 0.590. The third-order valence-electron chi connectivity index (χ3n) is 3.42. The molecule has 1 rings (SSSR count). The lowest BCUT2D eigenvalue weighted by Gasteiger charge is -2.14. The molecule has 6 heteroatoms. The van der Waals surface area contributed by atoms with Gasteiger partial charge in [0.15, 0.2) is 0 Å². The van der Waals surface area contributed by atoms with E-state index in [1.807, 2.05) is 30.3 Å². The number of carbonyl (C=O) groups is 2. The molecule has 1 aromatic carbocycles. The lowest BCUT2D eigenvalue weighted by Crippen LogP contribution is -2.41. The maximum Gasteiger partial charge on any atom is 0.408 e. The molecule has 0 aromatic heterocycles. The van der Waals surface area contributed by atoms with Gasteiger partial charge in [0.2, 0.25) is 0 Å². The largest absolute Gasteiger partial charge is 0.480 e. The molecule has 0 aliphatic carbocycles. The number of carbonyl (C=O) groups excluding carboxylic acids is 1. The summed E-state index contributed by atoms with van der Waals surface area (Å²) < 4.78 is 5.06. The van der Waals surface area contributed by atoms with E-state index in [0.29, 0.717) is 18.1 Å². The number of carboxylic acid groups (broad SMARTS) is 1. The molecular weight excluding hydrogens is 326 g/mol. The van der Waals surface area contributed by atoms with Crippen molar-refractivity contribution in [3.8, 4) is 0 Å². The van der Waals surface area contributed by atoms with E-state index in [9.17, 15) is 14.7 Å². The highest BCUT2D eigenvalue weighted by atomic mass is 32.2. The van der Waals surface area contributed by atoms with Crippen molar-refractivity contribution >= 4 is 23.8 Å². The second kappa shape index (κ2) is 11.8. The molecule has 0 radical (unpaired) electrons. The van der Waals surface area contributed by atoms with E-state index in [1.165, 1.54) is 6.42 Å². The Morgan fingerprint density at radius 1 is 1.17 bits per heavy atom. The van der Waals surface area contributed by atoms with Gasteiger partial charge < -0.3 is 15.2 Å². The molecule has 1 unspecified atom stereocenters. The molecular formula is C18H27NO4S. The van der Waals surface area contributed by atoms with Gasteiger partial charge in [-0.3, -0.25) is 0 Å². The lowest BCUT2D eigenvalue weighted by molar-refractivity contribution is -0.139. The van der Waals surface area contributed by atoms with Gasteiger partial charge >= 0.3 is 12.1 Å². The predicted octanol–water partition coefficient (Wildman–Crippen LogP) is 3.93. The van der Waals surface area contributed by atoms with Crippen LogP contribution in [-0.4, -0.2) is 34.7 Å². The molecule has 0 saturated carbocycles. The van der Waals surface area contributed by atoms with Crippen LogP contribution in [0.4, 0.5) is 4.79 Å². The minimum atomic E-state index is -1.03. The average molecular weight is 353 g/mol. The van der Waals surface area contributed by atoms with Crippen molar-refractivity contribution in [2.24, 2.45) is 5.92 Å². The van der Waals surface area contributed by atoms with Gasteiger partial charge in [-0.2, -0.15) is 11.8 Å². The van der Waals surface area contributed by atoms with E-state index in [0.717, 1.165) is 17.7 Å². The normalized spacial score (nSPS) is 12.0. The van der Waals surface area contributed by atoms with Crippen molar-refractivity contribution in [1.82, 2.24) is 5.32 Å². The Kier molecular flexibility index (Phi) is 10.00. The molecule has 24 heavy (non-hydrogen) atoms. The summed E-state index contributed by atoms with van der Waals surface area (Å²) in [6.07, 6.45) is 2.00. The Hall–Kier alpha value is -1.69. The summed E-state index contributed by atoms with van der Waals surface area (Å²) in [5.41, 5.74) is 0.861. The van der Waals surface area contributed by atoms with Crippen LogP contribution in [0, 0.1) is 5.92 Å². The van der Waals surface area contributed by atoms with Crippen molar-refractivity contribution in [2.45, 2.75) is 45.8 Å². The SMILES string of the molecule is CC(C)CCCSCCC(NC(=O)OCc1ccccc1)C(=O)O. The molecule has 134 valence electrons. The van der Waals surface area contributed by atoms with Crippen molar-refractivity contribution in [1.29, 1.82) is 0 Å². The van der Waals surface area contributed by atoms with Crippen LogP contribution in [0.5, 0.6) is 0 Å². The topological polar surface area (TPSA) is 75.6 Å². The van der Waals surface area contributed by atoms with E-state index in [1.54, 1.807) is 11.8 Å². The standard InChI is InChI=1S/C18H27NO4S/c1-14(2)7-6-11-24-12-10-16(17(20)21)19-18(22)23-13-15-8-4-3-5-9-15/h3-5,8-9,14,16H,6-7,10-13H2,1-2H3,(H,19,22)(H,20,21). The molecule has 0 aliphatic heterocycles. The van der Waals surface area contributed by atoms with Gasteiger partial charge in [0.25, 0.3) is 0 Å². The van der Waals surface area contributed by atoms with E-state index in [2.05, 4.69) is 19.2 Å². The van der Waals surface area contributed by atoms with Crippen LogP contribution in [0.2, 0.25) is 0 Å². The maximum atomic E-state index is 11.7. The third-order valence-corrected chi connectivity index (χ3v) is 4.53. The zero-order chi connectivity index (χ0) is 17.8. The first-order chi connectivity index (χ1) is 11.5. The highest BCUT2D eigenvalue weighted by molar-refractivity contribution is 7.99. The fourth-order valence-corrected chi connectivity index (χ4v) is 3.04. The van der Waals surface area contributed by atoms with Crippen molar-refractivity contribution in [3.63, 3.8) is 0 Å². The van der Waals surface area contributed by atoms with Gasteiger partial charge in [-0.05, 0) is 35.8 Å². The smallest absolute Gasteiger partial charge is 0.408 e. The number of benzene rings is 1. The molecule has 0 bridgehead atoms. The summed E-state index contributed by atoms with van der Waals surface area (Å²) in [6, 6.07) is 8.36. The van der Waals surface area contributed by atoms with Crippen LogP contribution >= 0.6 is 11.8 Å². The highest BCUT2D eigenvalue weighted by Crippen LogP contribution is 2.12. The number of ether oxygens (including phenoxy) is 1. The number of aliphatic carboxylic acids is 1. The molecule has 2 N–H and O–H groups in total. The van der Waals surface area contributed by atoms with E-state index >= 15 is 0 Å². The summed E-state index contributed by atoms with van der Waals surface area (Å²) >= 11 is 1.72. The second-order valence-corrected chi connectivity index (χ2v) is 7.26. The Labute approximate surface area is 148 Å². The number of amides is 1. The van der Waals surface area contributed by atoms with Crippen LogP contribution in [-0.2, 0) is 16.1 Å². The molecule has 0 fully saturated rings. The number of rotatable bonds is 11. The van der Waals surface area contributed by atoms with E-state index in [-0.39, 0.29) is 6.61 Å². The van der Waals surface area contributed by atoms with Gasteiger partial charge in [-0.1, -0.05) is 50.6 Å². The van der Waals surface area contributed by atoms with Crippen LogP contribution in [0.25, 0.3) is 0 Å². The number of hydrogen-bond acceptors (Lipinski definition) is 4. The molecule has 1 amide bonds. The molecule has 1 aromatic rings. The number of nitrogens with one attached hydrogen (secondary N) is 1. The fourth-order valence-electron chi connectivity index (χ4n) is 2.06. The molecule has 0 spiro atoms.